The number of rotatable bonds is 3. The predicted molar refractivity (Wildman–Crippen MR) is 64.2 cm³/mol. The number of nitrogens with zero attached hydrogens (tertiary/aromatic N) is 2. The topological polar surface area (TPSA) is 81.8 Å². The van der Waals surface area contributed by atoms with Gasteiger partial charge >= 0.3 is 0 Å². The zero-order chi connectivity index (χ0) is 12.5. The van der Waals surface area contributed by atoms with E-state index >= 15 is 0 Å². The first-order chi connectivity index (χ1) is 8.04. The Morgan fingerprint density at radius 3 is 2.65 bits per heavy atom. The van der Waals surface area contributed by atoms with Crippen molar-refractivity contribution in [3.63, 3.8) is 0 Å². The van der Waals surface area contributed by atoms with Gasteiger partial charge < -0.3 is 4.74 Å². The molecule has 1 aromatic carbocycles. The zero-order valence-corrected chi connectivity index (χ0v) is 10.1. The normalized spacial score (nSPS) is 17.0. The second-order valence-electron chi connectivity index (χ2n) is 3.74. The highest BCUT2D eigenvalue weighted by Gasteiger charge is 2.21. The highest BCUT2D eigenvalue weighted by Crippen LogP contribution is 2.33. The number of hydrogen-bond donors (Lipinski definition) is 0. The standard InChI is InChI=1S/C10H12N2O4S/c1-16-10-4-3-8(12(13)14)7-9(10)11-17(15)5-2-6-17/h3-4,7H,2,5-6H2,1H3. The van der Waals surface area contributed by atoms with Crippen molar-refractivity contribution < 1.29 is 13.9 Å². The van der Waals surface area contributed by atoms with Crippen LogP contribution in [0.4, 0.5) is 11.4 Å². The Bertz CT molecular complexity index is 566. The third-order valence-electron chi connectivity index (χ3n) is 2.56. The smallest absolute Gasteiger partial charge is 0.271 e. The van der Waals surface area contributed by atoms with Crippen LogP contribution in [0.2, 0.25) is 0 Å². The van der Waals surface area contributed by atoms with Crippen LogP contribution < -0.4 is 4.74 Å². The van der Waals surface area contributed by atoms with Gasteiger partial charge in [-0.25, -0.2) is 4.21 Å². The van der Waals surface area contributed by atoms with E-state index in [0.717, 1.165) is 6.42 Å². The Kier molecular flexibility index (Phi) is 3.01. The molecule has 7 heteroatoms. The maximum Gasteiger partial charge on any atom is 0.271 e. The van der Waals surface area contributed by atoms with Crippen molar-refractivity contribution in [2.75, 3.05) is 18.6 Å². The summed E-state index contributed by atoms with van der Waals surface area (Å²) < 4.78 is 21.1. The van der Waals surface area contributed by atoms with Gasteiger partial charge in [-0.2, -0.15) is 4.36 Å². The van der Waals surface area contributed by atoms with E-state index < -0.39 is 14.7 Å². The summed E-state index contributed by atoms with van der Waals surface area (Å²) in [6.45, 7) is 0. The Balaban J connectivity index is 2.50. The lowest BCUT2D eigenvalue weighted by Gasteiger charge is -2.18. The van der Waals surface area contributed by atoms with Crippen LogP contribution in [0.25, 0.3) is 0 Å². The van der Waals surface area contributed by atoms with Crippen molar-refractivity contribution in [2.24, 2.45) is 4.36 Å². The van der Waals surface area contributed by atoms with Crippen molar-refractivity contribution in [2.45, 2.75) is 6.42 Å². The van der Waals surface area contributed by atoms with Gasteiger partial charge in [0.25, 0.3) is 5.69 Å². The van der Waals surface area contributed by atoms with E-state index in [1.807, 2.05) is 0 Å². The number of nitro benzene ring substituents is 1. The first-order valence-electron chi connectivity index (χ1n) is 5.09. The first kappa shape index (κ1) is 11.8. The minimum absolute atomic E-state index is 0.0770. The average Bonchev–Trinajstić information content (AvgIpc) is 2.26. The van der Waals surface area contributed by atoms with E-state index in [9.17, 15) is 14.3 Å². The van der Waals surface area contributed by atoms with Gasteiger partial charge in [0.05, 0.1) is 21.8 Å². The van der Waals surface area contributed by atoms with Crippen LogP contribution in [-0.4, -0.2) is 27.7 Å². The summed E-state index contributed by atoms with van der Waals surface area (Å²) in [5.41, 5.74) is 0.221. The fourth-order valence-electron chi connectivity index (χ4n) is 1.53. The van der Waals surface area contributed by atoms with Gasteiger partial charge in [-0.1, -0.05) is 0 Å². The van der Waals surface area contributed by atoms with Crippen molar-refractivity contribution in [1.29, 1.82) is 0 Å². The molecule has 0 saturated carbocycles. The fraction of sp³-hybridized carbons (Fsp3) is 0.400. The Morgan fingerprint density at radius 2 is 2.18 bits per heavy atom. The Morgan fingerprint density at radius 1 is 1.47 bits per heavy atom. The molecule has 1 aliphatic heterocycles. The molecule has 0 N–H and O–H groups in total. The van der Waals surface area contributed by atoms with E-state index in [2.05, 4.69) is 4.36 Å². The molecule has 0 unspecified atom stereocenters. The zero-order valence-electron chi connectivity index (χ0n) is 9.29. The number of hydrogen-bond acceptors (Lipinski definition) is 5. The second kappa shape index (κ2) is 4.33. The van der Waals surface area contributed by atoms with Gasteiger partial charge in [0, 0.05) is 23.6 Å². The lowest BCUT2D eigenvalue weighted by Crippen LogP contribution is -2.23. The van der Waals surface area contributed by atoms with E-state index in [0.29, 0.717) is 22.9 Å². The maximum absolute atomic E-state index is 12.0. The van der Waals surface area contributed by atoms with Gasteiger partial charge in [0.2, 0.25) is 0 Å². The number of methoxy groups -OCH3 is 1. The fourth-order valence-corrected chi connectivity index (χ4v) is 2.99. The maximum atomic E-state index is 12.0. The molecule has 1 aromatic rings. The molecule has 92 valence electrons. The SMILES string of the molecule is COc1ccc([N+](=O)[O-])cc1N=S1(=O)CCC1. The molecule has 6 nitrogen and oxygen atoms in total. The second-order valence-corrected chi connectivity index (χ2v) is 6.28. The summed E-state index contributed by atoms with van der Waals surface area (Å²) in [4.78, 5) is 10.1. The summed E-state index contributed by atoms with van der Waals surface area (Å²) in [6, 6.07) is 4.10. The third-order valence-corrected chi connectivity index (χ3v) is 4.95. The molecule has 0 aliphatic carbocycles. The molecule has 17 heavy (non-hydrogen) atoms. The van der Waals surface area contributed by atoms with Crippen LogP contribution in [0.3, 0.4) is 0 Å². The van der Waals surface area contributed by atoms with Crippen molar-refractivity contribution in [3.8, 4) is 5.75 Å². The molecule has 1 fully saturated rings. The van der Waals surface area contributed by atoms with E-state index in [-0.39, 0.29) is 5.69 Å². The summed E-state index contributed by atoms with van der Waals surface area (Å²) in [7, 11) is -0.742. The molecule has 2 rings (SSSR count). The van der Waals surface area contributed by atoms with Gasteiger partial charge in [0.1, 0.15) is 11.4 Å². The number of non-ortho nitro benzene ring substituents is 1. The minimum Gasteiger partial charge on any atom is -0.494 e. The van der Waals surface area contributed by atoms with Crippen LogP contribution in [0, 0.1) is 10.1 Å². The summed E-state index contributed by atoms with van der Waals surface area (Å²) in [5, 5.41) is 10.7. The number of benzene rings is 1. The molecule has 0 aromatic heterocycles. The molecule has 0 atom stereocenters. The van der Waals surface area contributed by atoms with Gasteiger partial charge in [0.15, 0.2) is 0 Å². The van der Waals surface area contributed by atoms with E-state index in [1.54, 1.807) is 0 Å². The molecule has 0 spiro atoms. The molecular weight excluding hydrogens is 244 g/mol. The Hall–Kier alpha value is -1.63. The Labute approximate surface area is 98.9 Å². The van der Waals surface area contributed by atoms with E-state index in [1.165, 1.54) is 25.3 Å². The van der Waals surface area contributed by atoms with E-state index in [4.69, 9.17) is 4.74 Å². The minimum atomic E-state index is -2.19. The van der Waals surface area contributed by atoms with Gasteiger partial charge in [-0.15, -0.1) is 0 Å². The number of ether oxygens (including phenoxy) is 1. The molecule has 0 radical (unpaired) electrons. The van der Waals surface area contributed by atoms with Gasteiger partial charge in [-0.05, 0) is 12.5 Å². The lowest BCUT2D eigenvalue weighted by atomic mass is 10.2. The molecule has 1 saturated heterocycles. The molecular formula is C10H12N2O4S. The van der Waals surface area contributed by atoms with Gasteiger partial charge in [-0.3, -0.25) is 10.1 Å². The summed E-state index contributed by atoms with van der Waals surface area (Å²) in [6.07, 6.45) is 0.888. The van der Waals surface area contributed by atoms with Crippen LogP contribution in [0.5, 0.6) is 5.75 Å². The molecule has 0 amide bonds. The predicted octanol–water partition coefficient (Wildman–Crippen LogP) is 2.11. The van der Waals surface area contributed by atoms with Crippen molar-refractivity contribution in [1.82, 2.24) is 0 Å². The van der Waals surface area contributed by atoms with Crippen LogP contribution in [-0.2, 0) is 9.73 Å². The van der Waals surface area contributed by atoms with Crippen molar-refractivity contribution in [3.05, 3.63) is 28.3 Å². The molecule has 1 aliphatic rings. The average molecular weight is 256 g/mol. The van der Waals surface area contributed by atoms with Crippen LogP contribution in [0.15, 0.2) is 22.6 Å². The van der Waals surface area contributed by atoms with Crippen molar-refractivity contribution >= 4 is 21.1 Å². The number of nitro groups is 1. The quantitative estimate of drug-likeness (QED) is 0.612. The monoisotopic (exact) mass is 256 g/mol. The molecule has 0 bridgehead atoms. The highest BCUT2D eigenvalue weighted by molar-refractivity contribution is 7.95. The summed E-state index contributed by atoms with van der Waals surface area (Å²) >= 11 is 0. The third kappa shape index (κ3) is 2.38. The van der Waals surface area contributed by atoms with Crippen LogP contribution >= 0.6 is 0 Å². The first-order valence-corrected chi connectivity index (χ1v) is 6.94. The molecule has 1 heterocycles. The largest absolute Gasteiger partial charge is 0.494 e. The lowest BCUT2D eigenvalue weighted by molar-refractivity contribution is -0.384. The summed E-state index contributed by atoms with van der Waals surface area (Å²) in [5.74, 6) is 1.52. The van der Waals surface area contributed by atoms with Crippen LogP contribution in [0.1, 0.15) is 6.42 Å². The highest BCUT2D eigenvalue weighted by atomic mass is 32.2.